The Morgan fingerprint density at radius 2 is 1.32 bits per heavy atom. The maximum Gasteiger partial charge on any atom is 0.318 e. The Hall–Kier alpha value is -4.37. The Bertz CT molecular complexity index is 1470. The summed E-state index contributed by atoms with van der Waals surface area (Å²) in [6, 6.07) is 26.4. The van der Waals surface area contributed by atoms with E-state index in [0.717, 1.165) is 75.0 Å². The molecular formula is C41H55N5O4. The van der Waals surface area contributed by atoms with Gasteiger partial charge in [-0.3, -0.25) is 14.5 Å². The van der Waals surface area contributed by atoms with Crippen molar-refractivity contribution in [3.8, 4) is 5.75 Å². The molecule has 268 valence electrons. The van der Waals surface area contributed by atoms with Crippen molar-refractivity contribution >= 4 is 17.8 Å². The topological polar surface area (TPSA) is 103 Å². The third-order valence-electron chi connectivity index (χ3n) is 9.64. The quantitative estimate of drug-likeness (QED) is 0.192. The van der Waals surface area contributed by atoms with Crippen molar-refractivity contribution in [2.75, 3.05) is 26.2 Å². The van der Waals surface area contributed by atoms with Gasteiger partial charge in [-0.05, 0) is 66.8 Å². The number of amides is 4. The predicted octanol–water partition coefficient (Wildman–Crippen LogP) is 6.07. The minimum atomic E-state index is -0.800. The largest absolute Gasteiger partial charge is 0.489 e. The average molecular weight is 682 g/mol. The maximum atomic E-state index is 13.9. The Morgan fingerprint density at radius 3 is 1.94 bits per heavy atom. The van der Waals surface area contributed by atoms with Crippen LogP contribution in [0, 0.1) is 5.92 Å². The number of carbonyl (C=O) groups excluding carboxylic acids is 3. The first-order valence-corrected chi connectivity index (χ1v) is 18.5. The molecule has 9 nitrogen and oxygen atoms in total. The van der Waals surface area contributed by atoms with Crippen molar-refractivity contribution in [3.63, 3.8) is 0 Å². The predicted molar refractivity (Wildman–Crippen MR) is 198 cm³/mol. The molecule has 0 radical (unpaired) electrons. The molecule has 2 heterocycles. The number of benzene rings is 3. The van der Waals surface area contributed by atoms with Crippen molar-refractivity contribution in [2.45, 2.75) is 96.5 Å². The number of hydrogen-bond acceptors (Lipinski definition) is 5. The molecule has 2 atom stereocenters. The van der Waals surface area contributed by atoms with Crippen molar-refractivity contribution < 1.29 is 19.1 Å². The number of rotatable bonds is 14. The minimum Gasteiger partial charge on any atom is -0.489 e. The molecule has 50 heavy (non-hydrogen) atoms. The zero-order chi connectivity index (χ0) is 35.1. The SMILES string of the molecule is CC(C)C[C@H](NC(=O)N1CCCCCC1)C(=O)N[C@@H](Cc1ccc(OCc2ccccc2)cc1)C(=O)NC1CCN(Cc2ccccc2)CC1. The van der Waals surface area contributed by atoms with E-state index in [-0.39, 0.29) is 29.8 Å². The van der Waals surface area contributed by atoms with E-state index in [1.807, 2.05) is 79.4 Å². The first-order valence-electron chi connectivity index (χ1n) is 18.5. The van der Waals surface area contributed by atoms with Crippen LogP contribution in [-0.2, 0) is 29.2 Å². The van der Waals surface area contributed by atoms with Gasteiger partial charge in [-0.25, -0.2) is 4.79 Å². The van der Waals surface area contributed by atoms with Crippen LogP contribution in [0.15, 0.2) is 84.9 Å². The first kappa shape index (κ1) is 36.9. The Kier molecular flexibility index (Phi) is 14.1. The first-order chi connectivity index (χ1) is 24.3. The lowest BCUT2D eigenvalue weighted by molar-refractivity contribution is -0.130. The second-order valence-corrected chi connectivity index (χ2v) is 14.3. The summed E-state index contributed by atoms with van der Waals surface area (Å²) in [6.45, 7) is 8.60. The Morgan fingerprint density at radius 1 is 0.700 bits per heavy atom. The molecule has 0 bridgehead atoms. The van der Waals surface area contributed by atoms with Crippen LogP contribution in [0.4, 0.5) is 4.79 Å². The van der Waals surface area contributed by atoms with Crippen LogP contribution in [0.3, 0.4) is 0 Å². The second kappa shape index (κ2) is 19.1. The summed E-state index contributed by atoms with van der Waals surface area (Å²) in [5.74, 6) is 0.374. The van der Waals surface area contributed by atoms with Crippen LogP contribution >= 0.6 is 0 Å². The number of carbonyl (C=O) groups is 3. The molecule has 0 saturated carbocycles. The molecule has 4 amide bonds. The number of nitrogens with zero attached hydrogens (tertiary/aromatic N) is 2. The smallest absolute Gasteiger partial charge is 0.318 e. The van der Waals surface area contributed by atoms with E-state index in [4.69, 9.17) is 4.74 Å². The van der Waals surface area contributed by atoms with E-state index in [2.05, 4.69) is 45.1 Å². The molecule has 2 aliphatic heterocycles. The summed E-state index contributed by atoms with van der Waals surface area (Å²) in [4.78, 5) is 45.4. The molecule has 2 aliphatic rings. The van der Waals surface area contributed by atoms with Gasteiger partial charge in [-0.2, -0.15) is 0 Å². The van der Waals surface area contributed by atoms with Gasteiger partial charge >= 0.3 is 6.03 Å². The monoisotopic (exact) mass is 681 g/mol. The fourth-order valence-corrected chi connectivity index (χ4v) is 6.78. The molecule has 0 aliphatic carbocycles. The number of likely N-dealkylation sites (tertiary alicyclic amines) is 2. The van der Waals surface area contributed by atoms with Crippen LogP contribution in [0.5, 0.6) is 5.75 Å². The molecule has 0 aromatic heterocycles. The van der Waals surface area contributed by atoms with E-state index in [1.165, 1.54) is 5.56 Å². The molecule has 0 spiro atoms. The molecular weight excluding hydrogens is 626 g/mol. The molecule has 3 N–H and O–H groups in total. The van der Waals surface area contributed by atoms with E-state index in [0.29, 0.717) is 32.5 Å². The van der Waals surface area contributed by atoms with Crippen LogP contribution in [0.1, 0.15) is 75.5 Å². The molecule has 9 heteroatoms. The van der Waals surface area contributed by atoms with E-state index >= 15 is 0 Å². The van der Waals surface area contributed by atoms with Crippen LogP contribution in [0.25, 0.3) is 0 Å². The summed E-state index contributed by atoms with van der Waals surface area (Å²) in [5, 5.41) is 9.33. The third-order valence-corrected chi connectivity index (χ3v) is 9.64. The number of nitrogens with one attached hydrogen (secondary N) is 3. The van der Waals surface area contributed by atoms with Crippen LogP contribution < -0.4 is 20.7 Å². The van der Waals surface area contributed by atoms with Gasteiger partial charge < -0.3 is 25.6 Å². The van der Waals surface area contributed by atoms with Gasteiger partial charge in [0.05, 0.1) is 0 Å². The molecule has 2 saturated heterocycles. The average Bonchev–Trinajstić information content (AvgIpc) is 3.42. The summed E-state index contributed by atoms with van der Waals surface area (Å²) in [6.07, 6.45) is 6.65. The zero-order valence-corrected chi connectivity index (χ0v) is 29.8. The summed E-state index contributed by atoms with van der Waals surface area (Å²) < 4.78 is 5.98. The van der Waals surface area contributed by atoms with Crippen molar-refractivity contribution in [1.82, 2.24) is 25.8 Å². The number of hydrogen-bond donors (Lipinski definition) is 3. The maximum absolute atomic E-state index is 13.9. The number of ether oxygens (including phenoxy) is 1. The highest BCUT2D eigenvalue weighted by Crippen LogP contribution is 2.18. The highest BCUT2D eigenvalue weighted by atomic mass is 16.5. The fraction of sp³-hybridized carbons (Fsp3) is 0.488. The van der Waals surface area contributed by atoms with E-state index in [9.17, 15) is 14.4 Å². The lowest BCUT2D eigenvalue weighted by Gasteiger charge is -2.33. The van der Waals surface area contributed by atoms with Gasteiger partial charge in [0.25, 0.3) is 0 Å². The molecule has 2 fully saturated rings. The van der Waals surface area contributed by atoms with E-state index in [1.54, 1.807) is 0 Å². The molecule has 5 rings (SSSR count). The summed E-state index contributed by atoms with van der Waals surface area (Å²) >= 11 is 0. The fourth-order valence-electron chi connectivity index (χ4n) is 6.78. The number of urea groups is 1. The molecule has 0 unspecified atom stereocenters. The second-order valence-electron chi connectivity index (χ2n) is 14.3. The van der Waals surface area contributed by atoms with Gasteiger partial charge in [0.1, 0.15) is 24.4 Å². The van der Waals surface area contributed by atoms with Crippen molar-refractivity contribution in [3.05, 3.63) is 102 Å². The van der Waals surface area contributed by atoms with Gasteiger partial charge in [-0.1, -0.05) is 99.5 Å². The van der Waals surface area contributed by atoms with Gasteiger partial charge in [0.15, 0.2) is 0 Å². The minimum absolute atomic E-state index is 0.0249. The van der Waals surface area contributed by atoms with E-state index < -0.39 is 12.1 Å². The Labute approximate surface area is 298 Å². The lowest BCUT2D eigenvalue weighted by Crippen LogP contribution is -2.57. The lowest BCUT2D eigenvalue weighted by atomic mass is 10.00. The normalized spacial score (nSPS) is 17.0. The highest BCUT2D eigenvalue weighted by Gasteiger charge is 2.31. The van der Waals surface area contributed by atoms with Gasteiger partial charge in [-0.15, -0.1) is 0 Å². The molecule has 3 aromatic rings. The van der Waals surface area contributed by atoms with Crippen LogP contribution in [0.2, 0.25) is 0 Å². The highest BCUT2D eigenvalue weighted by molar-refractivity contribution is 5.92. The summed E-state index contributed by atoms with van der Waals surface area (Å²) in [7, 11) is 0. The van der Waals surface area contributed by atoms with Crippen molar-refractivity contribution in [1.29, 1.82) is 0 Å². The summed E-state index contributed by atoms with van der Waals surface area (Å²) in [5.41, 5.74) is 3.28. The molecule has 3 aromatic carbocycles. The van der Waals surface area contributed by atoms with Gasteiger partial charge in [0.2, 0.25) is 11.8 Å². The number of piperidine rings is 1. The third kappa shape index (κ3) is 11.9. The zero-order valence-electron chi connectivity index (χ0n) is 29.8. The Balaban J connectivity index is 1.24. The standard InChI is InChI=1S/C41H55N5O4/c1-31(2)27-37(44-41(49)46-23-11-3-4-12-24-46)40(48)43-38(28-32-17-19-36(20-18-32)50-30-34-15-9-6-10-16-34)39(47)42-35-21-25-45(26-22-35)29-33-13-7-5-8-14-33/h5-10,13-20,31,35,37-38H,3-4,11-12,21-30H2,1-2H3,(H,42,47)(H,43,48)(H,44,49)/t37-,38-/m0/s1. The van der Waals surface area contributed by atoms with Crippen molar-refractivity contribution in [2.24, 2.45) is 5.92 Å². The van der Waals surface area contributed by atoms with Gasteiger partial charge in [0, 0.05) is 45.2 Å². The van der Waals surface area contributed by atoms with Crippen LogP contribution in [-0.4, -0.2) is 71.9 Å².